The Morgan fingerprint density at radius 2 is 2.08 bits per heavy atom. The van der Waals surface area contributed by atoms with Crippen molar-refractivity contribution >= 4 is 5.91 Å². The molecule has 76 valence electrons. The van der Waals surface area contributed by atoms with Gasteiger partial charge in [-0.25, -0.2) is 0 Å². The van der Waals surface area contributed by atoms with Crippen LogP contribution in [-0.2, 0) is 4.79 Å². The third-order valence-electron chi connectivity index (χ3n) is 2.60. The van der Waals surface area contributed by atoms with Gasteiger partial charge in [0.05, 0.1) is 6.04 Å². The van der Waals surface area contributed by atoms with Crippen LogP contribution in [0.3, 0.4) is 0 Å². The molecule has 0 spiro atoms. The smallest absolute Gasteiger partial charge is 0.239 e. The largest absolute Gasteiger partial charge is 0.341 e. The molecule has 1 atom stereocenters. The normalized spacial score (nSPS) is 19.1. The summed E-state index contributed by atoms with van der Waals surface area (Å²) in [5.74, 6) is 0.158. The van der Waals surface area contributed by atoms with Gasteiger partial charge in [0.15, 0.2) is 0 Å². The molecule has 1 saturated heterocycles. The Kier molecular flexibility index (Phi) is 4.22. The van der Waals surface area contributed by atoms with Crippen molar-refractivity contribution in [2.75, 3.05) is 13.1 Å². The van der Waals surface area contributed by atoms with E-state index in [1.807, 2.05) is 4.90 Å². The SMILES string of the molecule is CCCCC(N)C(=O)N1CCCC1. The number of carbonyl (C=O) groups excluding carboxylic acids is 1. The van der Waals surface area contributed by atoms with Gasteiger partial charge < -0.3 is 10.6 Å². The second-order valence-electron chi connectivity index (χ2n) is 3.78. The maximum Gasteiger partial charge on any atom is 0.239 e. The molecule has 13 heavy (non-hydrogen) atoms. The van der Waals surface area contributed by atoms with Crippen LogP contribution in [-0.4, -0.2) is 29.9 Å². The van der Waals surface area contributed by atoms with Gasteiger partial charge in [-0.15, -0.1) is 0 Å². The Morgan fingerprint density at radius 3 is 2.62 bits per heavy atom. The number of rotatable bonds is 4. The van der Waals surface area contributed by atoms with Crippen molar-refractivity contribution in [1.29, 1.82) is 0 Å². The van der Waals surface area contributed by atoms with Gasteiger partial charge in [-0.1, -0.05) is 19.8 Å². The van der Waals surface area contributed by atoms with E-state index in [0.29, 0.717) is 0 Å². The number of likely N-dealkylation sites (tertiary alicyclic amines) is 1. The van der Waals surface area contributed by atoms with Gasteiger partial charge in [0.25, 0.3) is 0 Å². The minimum absolute atomic E-state index is 0.158. The Balaban J connectivity index is 2.28. The summed E-state index contributed by atoms with van der Waals surface area (Å²) in [7, 11) is 0. The molecule has 1 unspecified atom stereocenters. The predicted octanol–water partition coefficient (Wildman–Crippen LogP) is 1.13. The summed E-state index contributed by atoms with van der Waals surface area (Å²) in [5, 5.41) is 0. The van der Waals surface area contributed by atoms with Crippen molar-refractivity contribution in [1.82, 2.24) is 4.90 Å². The van der Waals surface area contributed by atoms with E-state index in [2.05, 4.69) is 6.92 Å². The summed E-state index contributed by atoms with van der Waals surface area (Å²) in [4.78, 5) is 13.6. The zero-order valence-electron chi connectivity index (χ0n) is 8.46. The zero-order chi connectivity index (χ0) is 9.68. The third kappa shape index (κ3) is 2.99. The van der Waals surface area contributed by atoms with Crippen LogP contribution < -0.4 is 5.73 Å². The monoisotopic (exact) mass is 184 g/mol. The van der Waals surface area contributed by atoms with Crippen LogP contribution in [0.2, 0.25) is 0 Å². The maximum atomic E-state index is 11.7. The zero-order valence-corrected chi connectivity index (χ0v) is 8.46. The average Bonchev–Trinajstić information content (AvgIpc) is 2.65. The first kappa shape index (κ1) is 10.5. The van der Waals surface area contributed by atoms with E-state index < -0.39 is 0 Å². The number of hydrogen-bond acceptors (Lipinski definition) is 2. The van der Waals surface area contributed by atoms with Crippen LogP contribution in [0.25, 0.3) is 0 Å². The quantitative estimate of drug-likeness (QED) is 0.712. The molecule has 0 bridgehead atoms. The van der Waals surface area contributed by atoms with Crippen LogP contribution in [0.5, 0.6) is 0 Å². The number of nitrogens with two attached hydrogens (primary N) is 1. The van der Waals surface area contributed by atoms with E-state index in [-0.39, 0.29) is 11.9 Å². The Hall–Kier alpha value is -0.570. The minimum Gasteiger partial charge on any atom is -0.341 e. The van der Waals surface area contributed by atoms with Gasteiger partial charge >= 0.3 is 0 Å². The fraction of sp³-hybridized carbons (Fsp3) is 0.900. The number of carbonyl (C=O) groups is 1. The van der Waals surface area contributed by atoms with Gasteiger partial charge in [-0.3, -0.25) is 4.79 Å². The highest BCUT2D eigenvalue weighted by molar-refractivity contribution is 5.81. The first-order valence-corrected chi connectivity index (χ1v) is 5.30. The molecule has 0 saturated carbocycles. The first-order valence-electron chi connectivity index (χ1n) is 5.30. The van der Waals surface area contributed by atoms with Crippen molar-refractivity contribution in [2.45, 2.75) is 45.1 Å². The number of nitrogens with zero attached hydrogens (tertiary/aromatic N) is 1. The standard InChI is InChI=1S/C10H20N2O/c1-2-3-6-9(11)10(13)12-7-4-5-8-12/h9H,2-8,11H2,1H3. The fourth-order valence-electron chi connectivity index (χ4n) is 1.72. The molecular formula is C10H20N2O. The molecule has 0 aliphatic carbocycles. The summed E-state index contributed by atoms with van der Waals surface area (Å²) in [6.45, 7) is 3.95. The molecule has 0 aromatic heterocycles. The highest BCUT2D eigenvalue weighted by Gasteiger charge is 2.22. The number of amides is 1. The topological polar surface area (TPSA) is 46.3 Å². The van der Waals surface area contributed by atoms with Gasteiger partial charge in [0.1, 0.15) is 0 Å². The molecule has 1 fully saturated rings. The molecular weight excluding hydrogens is 164 g/mol. The van der Waals surface area contributed by atoms with Crippen molar-refractivity contribution in [3.8, 4) is 0 Å². The lowest BCUT2D eigenvalue weighted by Crippen LogP contribution is -2.42. The van der Waals surface area contributed by atoms with Crippen molar-refractivity contribution in [2.24, 2.45) is 5.73 Å². The van der Waals surface area contributed by atoms with E-state index in [9.17, 15) is 4.79 Å². The summed E-state index contributed by atoms with van der Waals surface area (Å²) in [6.07, 6.45) is 5.30. The lowest BCUT2D eigenvalue weighted by atomic mass is 10.1. The van der Waals surface area contributed by atoms with Gasteiger partial charge in [-0.05, 0) is 19.3 Å². The third-order valence-corrected chi connectivity index (χ3v) is 2.60. The summed E-state index contributed by atoms with van der Waals surface area (Å²) >= 11 is 0. The molecule has 0 radical (unpaired) electrons. The molecule has 0 aromatic carbocycles. The van der Waals surface area contributed by atoms with Crippen LogP contribution in [0.15, 0.2) is 0 Å². The highest BCUT2D eigenvalue weighted by Crippen LogP contribution is 2.10. The molecule has 1 aliphatic rings. The van der Waals surface area contributed by atoms with Crippen LogP contribution in [0.1, 0.15) is 39.0 Å². The van der Waals surface area contributed by atoms with Crippen LogP contribution in [0, 0.1) is 0 Å². The molecule has 1 rings (SSSR count). The summed E-state index contributed by atoms with van der Waals surface area (Å²) < 4.78 is 0. The van der Waals surface area contributed by atoms with Crippen LogP contribution >= 0.6 is 0 Å². The van der Waals surface area contributed by atoms with Crippen molar-refractivity contribution < 1.29 is 4.79 Å². The maximum absolute atomic E-state index is 11.7. The lowest BCUT2D eigenvalue weighted by molar-refractivity contribution is -0.131. The molecule has 0 aromatic rings. The Morgan fingerprint density at radius 1 is 1.46 bits per heavy atom. The first-order chi connectivity index (χ1) is 6.25. The molecule has 2 N–H and O–H groups in total. The van der Waals surface area contributed by atoms with E-state index >= 15 is 0 Å². The van der Waals surface area contributed by atoms with E-state index in [0.717, 1.165) is 45.2 Å². The van der Waals surface area contributed by atoms with Crippen molar-refractivity contribution in [3.05, 3.63) is 0 Å². The molecule has 1 heterocycles. The average molecular weight is 184 g/mol. The molecule has 3 heteroatoms. The van der Waals surface area contributed by atoms with E-state index in [1.165, 1.54) is 0 Å². The number of unbranched alkanes of at least 4 members (excludes halogenated alkanes) is 1. The predicted molar refractivity (Wildman–Crippen MR) is 53.3 cm³/mol. The Labute approximate surface area is 80.3 Å². The number of hydrogen-bond donors (Lipinski definition) is 1. The molecule has 3 nitrogen and oxygen atoms in total. The van der Waals surface area contributed by atoms with Gasteiger partial charge in [0.2, 0.25) is 5.91 Å². The highest BCUT2D eigenvalue weighted by atomic mass is 16.2. The van der Waals surface area contributed by atoms with Gasteiger partial charge in [-0.2, -0.15) is 0 Å². The molecule has 1 aliphatic heterocycles. The minimum atomic E-state index is -0.252. The molecule has 1 amide bonds. The van der Waals surface area contributed by atoms with Crippen molar-refractivity contribution in [3.63, 3.8) is 0 Å². The Bertz CT molecular complexity index is 164. The van der Waals surface area contributed by atoms with E-state index in [1.54, 1.807) is 0 Å². The van der Waals surface area contributed by atoms with Crippen LogP contribution in [0.4, 0.5) is 0 Å². The van der Waals surface area contributed by atoms with Gasteiger partial charge in [0, 0.05) is 13.1 Å². The summed E-state index contributed by atoms with van der Waals surface area (Å²) in [5.41, 5.74) is 5.79. The summed E-state index contributed by atoms with van der Waals surface area (Å²) in [6, 6.07) is -0.252. The van der Waals surface area contributed by atoms with E-state index in [4.69, 9.17) is 5.73 Å². The second kappa shape index (κ2) is 5.22. The lowest BCUT2D eigenvalue weighted by Gasteiger charge is -2.19. The second-order valence-corrected chi connectivity index (χ2v) is 3.78. The fourth-order valence-corrected chi connectivity index (χ4v) is 1.72.